The Kier molecular flexibility index (Phi) is 5.12. The first-order chi connectivity index (χ1) is 12.0. The molecule has 25 heavy (non-hydrogen) atoms. The first-order valence-electron chi connectivity index (χ1n) is 8.55. The van der Waals surface area contributed by atoms with E-state index in [9.17, 15) is 9.90 Å². The molecule has 1 fully saturated rings. The van der Waals surface area contributed by atoms with Crippen LogP contribution in [0.1, 0.15) is 11.1 Å². The van der Waals surface area contributed by atoms with Gasteiger partial charge in [-0.1, -0.05) is 12.1 Å². The molecule has 0 atom stereocenters. The second-order valence-corrected chi connectivity index (χ2v) is 6.44. The summed E-state index contributed by atoms with van der Waals surface area (Å²) in [5.74, 6) is 0.759. The van der Waals surface area contributed by atoms with Gasteiger partial charge in [-0.25, -0.2) is 0 Å². The normalized spacial score (nSPS) is 14.5. The Bertz CT molecular complexity index is 735. The van der Waals surface area contributed by atoms with Gasteiger partial charge < -0.3 is 19.6 Å². The Balaban J connectivity index is 1.52. The van der Waals surface area contributed by atoms with Crippen molar-refractivity contribution in [3.8, 4) is 11.5 Å². The van der Waals surface area contributed by atoms with E-state index in [4.69, 9.17) is 4.74 Å². The highest BCUT2D eigenvalue weighted by Gasteiger charge is 2.22. The van der Waals surface area contributed by atoms with Gasteiger partial charge in [-0.05, 0) is 55.3 Å². The van der Waals surface area contributed by atoms with Gasteiger partial charge in [-0.2, -0.15) is 0 Å². The maximum atomic E-state index is 12.3. The van der Waals surface area contributed by atoms with Crippen molar-refractivity contribution in [3.05, 3.63) is 53.6 Å². The molecule has 0 aromatic heterocycles. The molecule has 5 heteroatoms. The number of carbonyl (C=O) groups is 1. The van der Waals surface area contributed by atoms with Crippen molar-refractivity contribution in [1.82, 2.24) is 4.90 Å². The zero-order chi connectivity index (χ0) is 17.8. The van der Waals surface area contributed by atoms with E-state index in [0.29, 0.717) is 18.8 Å². The third-order valence-corrected chi connectivity index (χ3v) is 4.54. The number of amides is 1. The summed E-state index contributed by atoms with van der Waals surface area (Å²) < 4.78 is 5.51. The first kappa shape index (κ1) is 17.1. The largest absolute Gasteiger partial charge is 0.508 e. The van der Waals surface area contributed by atoms with Crippen molar-refractivity contribution < 1.29 is 14.6 Å². The summed E-state index contributed by atoms with van der Waals surface area (Å²) in [6.07, 6.45) is 0. The molecule has 1 heterocycles. The van der Waals surface area contributed by atoms with E-state index in [-0.39, 0.29) is 18.3 Å². The molecule has 0 aliphatic carbocycles. The smallest absolute Gasteiger partial charge is 0.260 e. The summed E-state index contributed by atoms with van der Waals surface area (Å²) in [5, 5.41) is 9.26. The van der Waals surface area contributed by atoms with Crippen LogP contribution in [0.3, 0.4) is 0 Å². The van der Waals surface area contributed by atoms with Gasteiger partial charge in [0, 0.05) is 31.9 Å². The molecule has 1 N–H and O–H groups in total. The van der Waals surface area contributed by atoms with Crippen LogP contribution in [0.2, 0.25) is 0 Å². The van der Waals surface area contributed by atoms with Crippen molar-refractivity contribution in [1.29, 1.82) is 0 Å². The highest BCUT2D eigenvalue weighted by atomic mass is 16.5. The van der Waals surface area contributed by atoms with Crippen molar-refractivity contribution in [2.45, 2.75) is 13.8 Å². The molecule has 1 amide bonds. The molecule has 0 saturated carbocycles. The predicted octanol–water partition coefficient (Wildman–Crippen LogP) is 2.74. The topological polar surface area (TPSA) is 53.0 Å². The van der Waals surface area contributed by atoms with Gasteiger partial charge in [0.05, 0.1) is 0 Å². The Morgan fingerprint density at radius 1 is 1.04 bits per heavy atom. The van der Waals surface area contributed by atoms with Gasteiger partial charge in [-0.15, -0.1) is 0 Å². The summed E-state index contributed by atoms with van der Waals surface area (Å²) >= 11 is 0. The van der Waals surface area contributed by atoms with Crippen LogP contribution in [0.25, 0.3) is 0 Å². The molecule has 0 radical (unpaired) electrons. The number of nitrogens with zero attached hydrogens (tertiary/aromatic N) is 2. The number of aryl methyl sites for hydroxylation is 2. The lowest BCUT2D eigenvalue weighted by Gasteiger charge is -2.37. The lowest BCUT2D eigenvalue weighted by Crippen LogP contribution is -2.50. The Hall–Kier alpha value is -2.69. The number of phenolic OH excluding ortho intramolecular Hbond substituents is 1. The minimum atomic E-state index is -0.00584. The molecule has 0 bridgehead atoms. The van der Waals surface area contributed by atoms with Crippen LogP contribution in [0, 0.1) is 13.8 Å². The summed E-state index contributed by atoms with van der Waals surface area (Å²) in [6, 6.07) is 12.9. The molecule has 1 aliphatic heterocycles. The number of hydrogen-bond acceptors (Lipinski definition) is 4. The van der Waals surface area contributed by atoms with Crippen molar-refractivity contribution in [2.24, 2.45) is 0 Å². The van der Waals surface area contributed by atoms with Gasteiger partial charge in [0.2, 0.25) is 0 Å². The van der Waals surface area contributed by atoms with Crippen LogP contribution < -0.4 is 9.64 Å². The SMILES string of the molecule is Cc1ccc(C)c(N2CCN(C(=O)COc3ccc(O)cc3)CC2)c1. The summed E-state index contributed by atoms with van der Waals surface area (Å²) in [4.78, 5) is 16.5. The minimum absolute atomic E-state index is 0.00584. The van der Waals surface area contributed by atoms with Gasteiger partial charge in [-0.3, -0.25) is 4.79 Å². The molecular formula is C20H24N2O3. The molecule has 2 aromatic carbocycles. The van der Waals surface area contributed by atoms with Crippen LogP contribution in [-0.2, 0) is 4.79 Å². The number of benzene rings is 2. The van der Waals surface area contributed by atoms with Crippen LogP contribution in [0.15, 0.2) is 42.5 Å². The number of piperazine rings is 1. The molecular weight excluding hydrogens is 316 g/mol. The van der Waals surface area contributed by atoms with E-state index < -0.39 is 0 Å². The van der Waals surface area contributed by atoms with E-state index >= 15 is 0 Å². The second kappa shape index (κ2) is 7.47. The Morgan fingerprint density at radius 2 is 1.72 bits per heavy atom. The van der Waals surface area contributed by atoms with Gasteiger partial charge in [0.25, 0.3) is 5.91 Å². The monoisotopic (exact) mass is 340 g/mol. The van der Waals surface area contributed by atoms with Crippen LogP contribution >= 0.6 is 0 Å². The van der Waals surface area contributed by atoms with Crippen molar-refractivity contribution in [3.63, 3.8) is 0 Å². The Morgan fingerprint density at radius 3 is 2.40 bits per heavy atom. The number of hydrogen-bond donors (Lipinski definition) is 1. The highest BCUT2D eigenvalue weighted by molar-refractivity contribution is 5.78. The standard InChI is InChI=1S/C20H24N2O3/c1-15-3-4-16(2)19(13-15)21-9-11-22(12-10-21)20(24)14-25-18-7-5-17(23)6-8-18/h3-8,13,23H,9-12,14H2,1-2H3. The zero-order valence-electron chi connectivity index (χ0n) is 14.7. The molecule has 5 nitrogen and oxygen atoms in total. The average Bonchev–Trinajstić information content (AvgIpc) is 2.63. The van der Waals surface area contributed by atoms with Crippen molar-refractivity contribution in [2.75, 3.05) is 37.7 Å². The quantitative estimate of drug-likeness (QED) is 0.930. The average molecular weight is 340 g/mol. The fourth-order valence-corrected chi connectivity index (χ4v) is 3.04. The fraction of sp³-hybridized carbons (Fsp3) is 0.350. The number of phenols is 1. The zero-order valence-corrected chi connectivity index (χ0v) is 14.7. The molecule has 0 spiro atoms. The van der Waals surface area contributed by atoms with E-state index in [1.54, 1.807) is 24.3 Å². The van der Waals surface area contributed by atoms with Crippen LogP contribution in [0.4, 0.5) is 5.69 Å². The van der Waals surface area contributed by atoms with Gasteiger partial charge in [0.15, 0.2) is 6.61 Å². The van der Waals surface area contributed by atoms with E-state index in [0.717, 1.165) is 13.1 Å². The maximum Gasteiger partial charge on any atom is 0.260 e. The lowest BCUT2D eigenvalue weighted by molar-refractivity contribution is -0.133. The first-order valence-corrected chi connectivity index (χ1v) is 8.55. The molecule has 2 aromatic rings. The predicted molar refractivity (Wildman–Crippen MR) is 98.3 cm³/mol. The van der Waals surface area contributed by atoms with Crippen molar-refractivity contribution >= 4 is 11.6 Å². The maximum absolute atomic E-state index is 12.3. The van der Waals surface area contributed by atoms with Crippen LogP contribution in [0.5, 0.6) is 11.5 Å². The molecule has 132 valence electrons. The van der Waals surface area contributed by atoms with E-state index in [1.807, 2.05) is 4.90 Å². The lowest BCUT2D eigenvalue weighted by atomic mass is 10.1. The molecule has 3 rings (SSSR count). The van der Waals surface area contributed by atoms with Crippen LogP contribution in [-0.4, -0.2) is 48.7 Å². The number of aromatic hydroxyl groups is 1. The summed E-state index contributed by atoms with van der Waals surface area (Å²) in [5.41, 5.74) is 3.77. The number of carbonyl (C=O) groups excluding carboxylic acids is 1. The third kappa shape index (κ3) is 4.24. The molecule has 1 aliphatic rings. The summed E-state index contributed by atoms with van der Waals surface area (Å²) in [6.45, 7) is 7.30. The summed E-state index contributed by atoms with van der Waals surface area (Å²) in [7, 11) is 0. The fourth-order valence-electron chi connectivity index (χ4n) is 3.04. The van der Waals surface area contributed by atoms with E-state index in [2.05, 4.69) is 36.9 Å². The van der Waals surface area contributed by atoms with E-state index in [1.165, 1.54) is 16.8 Å². The number of rotatable bonds is 4. The highest BCUT2D eigenvalue weighted by Crippen LogP contribution is 2.23. The molecule has 0 unspecified atom stereocenters. The minimum Gasteiger partial charge on any atom is -0.508 e. The second-order valence-electron chi connectivity index (χ2n) is 6.44. The van der Waals surface area contributed by atoms with Gasteiger partial charge >= 0.3 is 0 Å². The Labute approximate surface area is 148 Å². The number of ether oxygens (including phenoxy) is 1. The molecule has 1 saturated heterocycles. The number of anilines is 1. The third-order valence-electron chi connectivity index (χ3n) is 4.54. The van der Waals surface area contributed by atoms with Gasteiger partial charge in [0.1, 0.15) is 11.5 Å².